The molecule has 1 amide bonds. The zero-order chi connectivity index (χ0) is 50.8. The summed E-state index contributed by atoms with van der Waals surface area (Å²) in [5.74, 6) is -1.09. The van der Waals surface area contributed by atoms with Crippen molar-refractivity contribution in [2.75, 3.05) is 20.3 Å². The van der Waals surface area contributed by atoms with E-state index in [-0.39, 0.29) is 44.2 Å². The zero-order valence-corrected chi connectivity index (χ0v) is 40.5. The van der Waals surface area contributed by atoms with Crippen LogP contribution in [-0.4, -0.2) is 104 Å². The minimum absolute atomic E-state index is 0.0229. The first kappa shape index (κ1) is 50.5. The highest BCUT2D eigenvalue weighted by Crippen LogP contribution is 2.39. The number of carbonyl (C=O) groups excluding carboxylic acids is 1. The number of fused-ring (bicyclic) bond motifs is 2. The van der Waals surface area contributed by atoms with Crippen LogP contribution in [0.15, 0.2) is 182 Å². The Bertz CT molecular complexity index is 2930. The molecule has 0 saturated carbocycles. The lowest BCUT2D eigenvalue weighted by atomic mass is 9.94. The van der Waals surface area contributed by atoms with Crippen LogP contribution in [0.1, 0.15) is 49.3 Å². The SMILES string of the molecule is COc1ccc(O[C@@H]2O[C@H](COCc3ccccc3)[C@@H](O[C@@H]3O[C@@H]4COC(c5ccccc5)O[C@H]4[C@H](OCc4ccc5ccccc5c4)[C@@H]3O)[C@H](OCc3ccccc3)[C@H]2NC(=O)c2ccccc2C(=O)O)cc1. The molecule has 11 atom stereocenters. The number of amides is 1. The molecule has 0 bridgehead atoms. The third kappa shape index (κ3) is 12.0. The number of carboxylic acid groups (broad SMARTS) is 1. The van der Waals surface area contributed by atoms with Crippen LogP contribution in [0.25, 0.3) is 10.8 Å². The topological polar surface area (TPSA) is 179 Å². The highest BCUT2D eigenvalue weighted by molar-refractivity contribution is 6.04. The molecule has 7 aromatic rings. The molecule has 3 saturated heterocycles. The first-order valence-corrected chi connectivity index (χ1v) is 24.5. The van der Waals surface area contributed by atoms with Gasteiger partial charge in [-0.25, -0.2) is 4.79 Å². The minimum atomic E-state index is -1.48. The first-order chi connectivity index (χ1) is 36.3. The maximum Gasteiger partial charge on any atom is 0.336 e. The number of nitrogens with one attached hydrogen (secondary N) is 1. The van der Waals surface area contributed by atoms with Crippen LogP contribution >= 0.6 is 0 Å². The Labute approximate surface area is 428 Å². The van der Waals surface area contributed by atoms with Gasteiger partial charge in [-0.15, -0.1) is 0 Å². The molecule has 0 aliphatic carbocycles. The maximum absolute atomic E-state index is 14.6. The smallest absolute Gasteiger partial charge is 0.336 e. The van der Waals surface area contributed by atoms with Crippen molar-refractivity contribution in [1.82, 2.24) is 5.32 Å². The zero-order valence-electron chi connectivity index (χ0n) is 40.5. The lowest BCUT2D eigenvalue weighted by molar-refractivity contribution is -0.385. The van der Waals surface area contributed by atoms with E-state index in [2.05, 4.69) is 5.32 Å². The second-order valence-electron chi connectivity index (χ2n) is 18.2. The van der Waals surface area contributed by atoms with Crippen molar-refractivity contribution in [1.29, 1.82) is 0 Å². The summed E-state index contributed by atoms with van der Waals surface area (Å²) in [5, 5.41) is 28.0. The van der Waals surface area contributed by atoms with Gasteiger partial charge in [0.1, 0.15) is 60.3 Å². The number of carbonyl (C=O) groups is 2. The van der Waals surface area contributed by atoms with E-state index in [0.29, 0.717) is 11.5 Å². The molecule has 3 aliphatic rings. The fourth-order valence-corrected chi connectivity index (χ4v) is 9.49. The number of carboxylic acids is 1. The Morgan fingerprint density at radius 1 is 0.608 bits per heavy atom. The van der Waals surface area contributed by atoms with Crippen LogP contribution in [0.4, 0.5) is 0 Å². The van der Waals surface area contributed by atoms with Crippen LogP contribution in [0.3, 0.4) is 0 Å². The van der Waals surface area contributed by atoms with Crippen molar-refractivity contribution in [3.05, 3.63) is 215 Å². The summed E-state index contributed by atoms with van der Waals surface area (Å²) in [7, 11) is 1.55. The molecule has 3 heterocycles. The van der Waals surface area contributed by atoms with Crippen molar-refractivity contribution >= 4 is 22.6 Å². The van der Waals surface area contributed by atoms with E-state index >= 15 is 0 Å². The molecule has 1 unspecified atom stereocenters. The molecule has 3 fully saturated rings. The molecule has 3 N–H and O–H groups in total. The molecule has 0 radical (unpaired) electrons. The molecule has 15 heteroatoms. The second kappa shape index (κ2) is 23.9. The number of methoxy groups -OCH3 is 1. The Kier molecular flexibility index (Phi) is 16.3. The molecular formula is C59H57NO14. The highest BCUT2D eigenvalue weighted by Gasteiger charge is 2.55. The van der Waals surface area contributed by atoms with Gasteiger partial charge in [-0.2, -0.15) is 0 Å². The number of hydrogen-bond donors (Lipinski definition) is 3. The molecule has 0 spiro atoms. The lowest BCUT2D eigenvalue weighted by Gasteiger charge is -2.51. The summed E-state index contributed by atoms with van der Waals surface area (Å²) in [6.07, 6.45) is -11.0. The molecular weight excluding hydrogens is 947 g/mol. The van der Waals surface area contributed by atoms with Gasteiger partial charge in [0.2, 0.25) is 6.29 Å². The quantitative estimate of drug-likeness (QED) is 0.0703. The number of benzene rings is 7. The average Bonchev–Trinajstić information content (AvgIpc) is 3.44. The Hall–Kier alpha value is -7.02. The number of rotatable bonds is 19. The van der Waals surface area contributed by atoms with Crippen LogP contribution < -0.4 is 14.8 Å². The van der Waals surface area contributed by atoms with E-state index in [9.17, 15) is 19.8 Å². The van der Waals surface area contributed by atoms with Gasteiger partial charge in [0.15, 0.2) is 12.6 Å². The lowest BCUT2D eigenvalue weighted by Crippen LogP contribution is -2.69. The summed E-state index contributed by atoms with van der Waals surface area (Å²) < 4.78 is 65.6. The normalized spacial score (nSPS) is 25.6. The number of ether oxygens (including phenoxy) is 10. The van der Waals surface area contributed by atoms with Crippen molar-refractivity contribution in [2.24, 2.45) is 0 Å². The van der Waals surface area contributed by atoms with Gasteiger partial charge in [0.25, 0.3) is 5.91 Å². The van der Waals surface area contributed by atoms with E-state index < -0.39 is 79.5 Å². The maximum atomic E-state index is 14.6. The van der Waals surface area contributed by atoms with Crippen molar-refractivity contribution in [2.45, 2.75) is 87.5 Å². The predicted octanol–water partition coefficient (Wildman–Crippen LogP) is 8.42. The fraction of sp³-hybridized carbons (Fsp3) is 0.288. The van der Waals surface area contributed by atoms with Crippen molar-refractivity contribution in [3.8, 4) is 11.5 Å². The summed E-state index contributed by atoms with van der Waals surface area (Å²) >= 11 is 0. The van der Waals surface area contributed by atoms with E-state index in [4.69, 9.17) is 47.4 Å². The van der Waals surface area contributed by atoms with E-state index in [1.807, 2.05) is 133 Å². The van der Waals surface area contributed by atoms with Crippen molar-refractivity contribution in [3.63, 3.8) is 0 Å². The Morgan fingerprint density at radius 3 is 1.95 bits per heavy atom. The molecule has 7 aromatic carbocycles. The van der Waals surface area contributed by atoms with Crippen LogP contribution in [0.5, 0.6) is 11.5 Å². The second-order valence-corrected chi connectivity index (χ2v) is 18.2. The van der Waals surface area contributed by atoms with Gasteiger partial charge in [-0.3, -0.25) is 4.79 Å². The summed E-state index contributed by atoms with van der Waals surface area (Å²) in [5.41, 5.74) is 3.04. The van der Waals surface area contributed by atoms with E-state index in [1.165, 1.54) is 18.2 Å². The van der Waals surface area contributed by atoms with Crippen molar-refractivity contribution < 1.29 is 67.2 Å². The van der Waals surface area contributed by atoms with Crippen LogP contribution in [-0.2, 0) is 57.7 Å². The van der Waals surface area contributed by atoms with Gasteiger partial charge < -0.3 is 62.9 Å². The summed E-state index contributed by atoms with van der Waals surface area (Å²) in [6, 6.07) is 54.2. The van der Waals surface area contributed by atoms with E-state index in [1.54, 1.807) is 37.4 Å². The van der Waals surface area contributed by atoms with Gasteiger partial charge in [0.05, 0.1) is 51.3 Å². The van der Waals surface area contributed by atoms with Crippen LogP contribution in [0.2, 0.25) is 0 Å². The highest BCUT2D eigenvalue weighted by atomic mass is 16.8. The molecule has 15 nitrogen and oxygen atoms in total. The van der Waals surface area contributed by atoms with Gasteiger partial charge >= 0.3 is 5.97 Å². The van der Waals surface area contributed by atoms with Gasteiger partial charge in [0, 0.05) is 5.56 Å². The average molecular weight is 1000 g/mol. The molecule has 382 valence electrons. The standard InChI is InChI=1S/C59H57NO14/c1-65-43-27-29-44(30-28-43)70-58-49(60-55(62)45-23-13-14-24-46(45)56(63)64)53(67-33-38-17-7-3-8-18-38)51(47(71-58)35-66-32-37-15-5-2-6-16-37)74-59-50(61)54(68-34-39-25-26-40-19-11-12-22-42(40)31-39)52-48(72-59)36-69-57(73-52)41-20-9-4-10-21-41/h2-31,47-54,57-59,61H,32-36H2,1H3,(H,60,62)(H,63,64)/t47-,48-,49-,50+,51-,52-,53-,54-,57?,58-,59+/m1/s1. The monoisotopic (exact) mass is 1000 g/mol. The van der Waals surface area contributed by atoms with Crippen LogP contribution in [0, 0.1) is 0 Å². The Balaban J connectivity index is 1.02. The summed E-state index contributed by atoms with van der Waals surface area (Å²) in [6.45, 7) is 0.315. The first-order valence-electron chi connectivity index (χ1n) is 24.5. The Morgan fingerprint density at radius 2 is 1.23 bits per heavy atom. The number of aliphatic hydroxyl groups is 1. The largest absolute Gasteiger partial charge is 0.497 e. The van der Waals surface area contributed by atoms with Gasteiger partial charge in [-0.05, 0) is 69.9 Å². The molecule has 74 heavy (non-hydrogen) atoms. The molecule has 10 rings (SSSR count). The summed E-state index contributed by atoms with van der Waals surface area (Å²) in [4.78, 5) is 27.0. The molecule has 3 aliphatic heterocycles. The number of aromatic carboxylic acids is 1. The third-order valence-corrected chi connectivity index (χ3v) is 13.3. The van der Waals surface area contributed by atoms with E-state index in [0.717, 1.165) is 33.0 Å². The fourth-order valence-electron chi connectivity index (χ4n) is 9.49. The molecule has 0 aromatic heterocycles. The minimum Gasteiger partial charge on any atom is -0.497 e. The predicted molar refractivity (Wildman–Crippen MR) is 270 cm³/mol. The number of aliphatic hydroxyl groups excluding tert-OH is 1. The van der Waals surface area contributed by atoms with Gasteiger partial charge in [-0.1, -0.05) is 140 Å². The number of hydrogen-bond acceptors (Lipinski definition) is 13. The third-order valence-electron chi connectivity index (χ3n) is 13.3.